The zero-order valence-corrected chi connectivity index (χ0v) is 15.5. The average Bonchev–Trinajstić information content (AvgIpc) is 3.00. The minimum absolute atomic E-state index is 0.0501. The van der Waals surface area contributed by atoms with E-state index in [0.717, 1.165) is 0 Å². The van der Waals surface area contributed by atoms with Crippen LogP contribution in [0.25, 0.3) is 0 Å². The molecule has 1 heterocycles. The second-order valence-electron chi connectivity index (χ2n) is 6.42. The van der Waals surface area contributed by atoms with Crippen molar-refractivity contribution < 1.29 is 18.0 Å². The second-order valence-corrected chi connectivity index (χ2v) is 8.65. The molecule has 0 aliphatic carbocycles. The standard InChI is InChI=1S/C19H21N3O4S/c20-19(24)16-8-4-5-9-17(16)21-12-18(23)22(14-6-2-1-3-7-14)15-10-11-27(25,26)13-15/h1-9,15,21H,10-13H2,(H2,20,24)/t15-/m1/s1. The summed E-state index contributed by atoms with van der Waals surface area (Å²) in [6, 6.07) is 15.2. The Labute approximate surface area is 158 Å². The van der Waals surface area contributed by atoms with Crippen molar-refractivity contribution in [2.75, 3.05) is 28.3 Å². The van der Waals surface area contributed by atoms with E-state index in [2.05, 4.69) is 5.32 Å². The van der Waals surface area contributed by atoms with Crippen LogP contribution in [0.3, 0.4) is 0 Å². The van der Waals surface area contributed by atoms with Gasteiger partial charge in [-0.2, -0.15) is 0 Å². The molecule has 2 aromatic carbocycles. The fourth-order valence-electron chi connectivity index (χ4n) is 3.23. The van der Waals surface area contributed by atoms with Gasteiger partial charge >= 0.3 is 0 Å². The summed E-state index contributed by atoms with van der Waals surface area (Å²) < 4.78 is 23.8. The van der Waals surface area contributed by atoms with Crippen molar-refractivity contribution in [3.8, 4) is 0 Å². The van der Waals surface area contributed by atoms with Gasteiger partial charge in [-0.05, 0) is 30.7 Å². The van der Waals surface area contributed by atoms with Gasteiger partial charge in [-0.25, -0.2) is 8.42 Å². The number of carbonyl (C=O) groups is 2. The third-order valence-electron chi connectivity index (χ3n) is 4.50. The SMILES string of the molecule is NC(=O)c1ccccc1NCC(=O)N(c1ccccc1)[C@@H]1CCS(=O)(=O)C1. The number of hydrogen-bond donors (Lipinski definition) is 2. The van der Waals surface area contributed by atoms with Crippen LogP contribution in [0.2, 0.25) is 0 Å². The molecule has 7 nitrogen and oxygen atoms in total. The van der Waals surface area contributed by atoms with Crippen molar-refractivity contribution >= 4 is 33.0 Å². The first-order chi connectivity index (χ1) is 12.9. The summed E-state index contributed by atoms with van der Waals surface area (Å²) in [6.45, 7) is -0.0876. The van der Waals surface area contributed by atoms with Crippen LogP contribution in [0.4, 0.5) is 11.4 Å². The van der Waals surface area contributed by atoms with Crippen molar-refractivity contribution in [3.05, 3.63) is 60.2 Å². The molecule has 0 radical (unpaired) electrons. The van der Waals surface area contributed by atoms with Gasteiger partial charge in [0.2, 0.25) is 5.91 Å². The van der Waals surface area contributed by atoms with E-state index in [1.165, 1.54) is 4.90 Å². The predicted molar refractivity (Wildman–Crippen MR) is 104 cm³/mol. The van der Waals surface area contributed by atoms with Gasteiger partial charge in [0.25, 0.3) is 5.91 Å². The smallest absolute Gasteiger partial charge is 0.250 e. The molecule has 2 aromatic rings. The molecule has 0 spiro atoms. The van der Waals surface area contributed by atoms with Crippen LogP contribution < -0.4 is 16.0 Å². The Kier molecular flexibility index (Phi) is 5.46. The largest absolute Gasteiger partial charge is 0.375 e. The lowest BCUT2D eigenvalue weighted by Gasteiger charge is -2.28. The van der Waals surface area contributed by atoms with Crippen molar-refractivity contribution in [2.45, 2.75) is 12.5 Å². The third kappa shape index (κ3) is 4.46. The normalized spacial score (nSPS) is 18.0. The summed E-state index contributed by atoms with van der Waals surface area (Å²) in [7, 11) is -3.14. The van der Waals surface area contributed by atoms with E-state index in [9.17, 15) is 18.0 Å². The molecular weight excluding hydrogens is 366 g/mol. The van der Waals surface area contributed by atoms with Gasteiger partial charge in [0.1, 0.15) is 0 Å². The molecule has 1 aliphatic rings. The van der Waals surface area contributed by atoms with Gasteiger partial charge in [0, 0.05) is 11.4 Å². The number of nitrogens with zero attached hydrogens (tertiary/aromatic N) is 1. The number of para-hydroxylation sites is 2. The summed E-state index contributed by atoms with van der Waals surface area (Å²) in [5.41, 5.74) is 6.76. The van der Waals surface area contributed by atoms with Gasteiger partial charge in [0.15, 0.2) is 9.84 Å². The lowest BCUT2D eigenvalue weighted by molar-refractivity contribution is -0.117. The Morgan fingerprint density at radius 2 is 1.74 bits per heavy atom. The molecule has 2 amide bonds. The van der Waals surface area contributed by atoms with Crippen molar-refractivity contribution in [3.63, 3.8) is 0 Å². The number of primary amides is 1. The van der Waals surface area contributed by atoms with Gasteiger partial charge < -0.3 is 16.0 Å². The molecule has 1 saturated heterocycles. The number of nitrogens with two attached hydrogens (primary N) is 1. The van der Waals surface area contributed by atoms with E-state index < -0.39 is 21.8 Å². The summed E-state index contributed by atoms with van der Waals surface area (Å²) in [6.07, 6.45) is 0.404. The van der Waals surface area contributed by atoms with Gasteiger partial charge in [-0.15, -0.1) is 0 Å². The summed E-state index contributed by atoms with van der Waals surface area (Å²) in [5, 5.41) is 2.95. The fraction of sp³-hybridized carbons (Fsp3) is 0.263. The molecule has 8 heteroatoms. The minimum atomic E-state index is -3.14. The molecule has 27 heavy (non-hydrogen) atoms. The van der Waals surface area contributed by atoms with E-state index in [-0.39, 0.29) is 24.0 Å². The molecule has 1 aliphatic heterocycles. The molecule has 1 atom stereocenters. The van der Waals surface area contributed by atoms with Gasteiger partial charge in [-0.3, -0.25) is 9.59 Å². The van der Waals surface area contributed by atoms with E-state index in [4.69, 9.17) is 5.73 Å². The molecule has 142 valence electrons. The highest BCUT2D eigenvalue weighted by molar-refractivity contribution is 7.91. The van der Waals surface area contributed by atoms with Crippen LogP contribution in [0.5, 0.6) is 0 Å². The van der Waals surface area contributed by atoms with Crippen LogP contribution in [0.1, 0.15) is 16.8 Å². The Morgan fingerprint density at radius 1 is 1.07 bits per heavy atom. The van der Waals surface area contributed by atoms with Crippen molar-refractivity contribution in [1.29, 1.82) is 0 Å². The zero-order valence-electron chi connectivity index (χ0n) is 14.7. The number of sulfone groups is 1. The first-order valence-electron chi connectivity index (χ1n) is 8.57. The van der Waals surface area contributed by atoms with Crippen LogP contribution in [-0.4, -0.2) is 44.3 Å². The van der Waals surface area contributed by atoms with E-state index >= 15 is 0 Å². The summed E-state index contributed by atoms with van der Waals surface area (Å²) >= 11 is 0. The quantitative estimate of drug-likeness (QED) is 0.779. The van der Waals surface area contributed by atoms with Gasteiger partial charge in [0.05, 0.1) is 29.7 Å². The van der Waals surface area contributed by atoms with Crippen molar-refractivity contribution in [2.24, 2.45) is 5.73 Å². The Hall–Kier alpha value is -2.87. The predicted octanol–water partition coefficient (Wildman–Crippen LogP) is 1.42. The third-order valence-corrected chi connectivity index (χ3v) is 6.25. The van der Waals surface area contributed by atoms with Gasteiger partial charge in [-0.1, -0.05) is 30.3 Å². The maximum absolute atomic E-state index is 12.9. The number of amides is 2. The monoisotopic (exact) mass is 387 g/mol. The molecule has 0 aromatic heterocycles. The maximum Gasteiger partial charge on any atom is 0.250 e. The Morgan fingerprint density at radius 3 is 2.37 bits per heavy atom. The van der Waals surface area contributed by atoms with Crippen LogP contribution in [0, 0.1) is 0 Å². The zero-order chi connectivity index (χ0) is 19.4. The molecule has 3 N–H and O–H groups in total. The molecule has 0 unspecified atom stereocenters. The Balaban J connectivity index is 1.81. The molecule has 1 fully saturated rings. The highest BCUT2D eigenvalue weighted by atomic mass is 32.2. The highest BCUT2D eigenvalue weighted by Crippen LogP contribution is 2.25. The average molecular weight is 387 g/mol. The minimum Gasteiger partial charge on any atom is -0.375 e. The summed E-state index contributed by atoms with van der Waals surface area (Å²) in [4.78, 5) is 26.0. The van der Waals surface area contributed by atoms with E-state index in [1.54, 1.807) is 48.5 Å². The van der Waals surface area contributed by atoms with E-state index in [0.29, 0.717) is 23.4 Å². The number of rotatable bonds is 6. The second kappa shape index (κ2) is 7.79. The number of anilines is 2. The number of nitrogens with one attached hydrogen (secondary N) is 1. The molecule has 0 bridgehead atoms. The summed E-state index contributed by atoms with van der Waals surface area (Å²) in [5.74, 6) is -0.840. The molecule has 0 saturated carbocycles. The number of hydrogen-bond acceptors (Lipinski definition) is 5. The van der Waals surface area contributed by atoms with Crippen LogP contribution in [0.15, 0.2) is 54.6 Å². The van der Waals surface area contributed by atoms with Crippen molar-refractivity contribution in [1.82, 2.24) is 0 Å². The maximum atomic E-state index is 12.9. The lowest BCUT2D eigenvalue weighted by atomic mass is 10.1. The fourth-order valence-corrected chi connectivity index (χ4v) is 4.93. The first-order valence-corrected chi connectivity index (χ1v) is 10.4. The Bertz CT molecular complexity index is 944. The highest BCUT2D eigenvalue weighted by Gasteiger charge is 2.35. The van der Waals surface area contributed by atoms with Crippen LogP contribution in [-0.2, 0) is 14.6 Å². The molecule has 3 rings (SSSR count). The first kappa shape index (κ1) is 18.9. The number of carbonyl (C=O) groups excluding carboxylic acids is 2. The number of benzene rings is 2. The molecular formula is C19H21N3O4S. The lowest BCUT2D eigenvalue weighted by Crippen LogP contribution is -2.44. The topological polar surface area (TPSA) is 110 Å². The van der Waals surface area contributed by atoms with Crippen LogP contribution >= 0.6 is 0 Å². The van der Waals surface area contributed by atoms with E-state index in [1.807, 2.05) is 6.07 Å².